The van der Waals surface area contributed by atoms with Crippen LogP contribution in [-0.2, 0) is 19.5 Å². The van der Waals surface area contributed by atoms with E-state index < -0.39 is 0 Å². The molecule has 0 bridgehead atoms. The smallest absolute Gasteiger partial charge is 0.184 e. The van der Waals surface area contributed by atoms with Crippen LogP contribution in [-0.4, -0.2) is 16.4 Å². The van der Waals surface area contributed by atoms with Gasteiger partial charge in [0.2, 0.25) is 0 Å². The first-order chi connectivity index (χ1) is 8.31. The van der Waals surface area contributed by atoms with Gasteiger partial charge in [-0.15, -0.1) is 11.3 Å². The Morgan fingerprint density at radius 1 is 1.29 bits per heavy atom. The normalized spacial score (nSPS) is 15.8. The van der Waals surface area contributed by atoms with Gasteiger partial charge in [0.25, 0.3) is 0 Å². The molecule has 0 N–H and O–H groups in total. The molecule has 1 aromatic heterocycles. The van der Waals surface area contributed by atoms with Crippen LogP contribution in [0.2, 0.25) is 4.47 Å². The lowest BCUT2D eigenvalue weighted by Gasteiger charge is -2.25. The van der Waals surface area contributed by atoms with Crippen LogP contribution in [0.5, 0.6) is 0 Å². The summed E-state index contributed by atoms with van der Waals surface area (Å²) in [5.41, 5.74) is 2.53. The van der Waals surface area contributed by atoms with Crippen LogP contribution in [0.25, 0.3) is 0 Å². The van der Waals surface area contributed by atoms with Crippen molar-refractivity contribution in [2.75, 3.05) is 6.54 Å². The van der Waals surface area contributed by atoms with Gasteiger partial charge in [0.1, 0.15) is 0 Å². The average molecular weight is 265 g/mol. The molecule has 0 amide bonds. The predicted octanol–water partition coefficient (Wildman–Crippen LogP) is 3.35. The minimum absolute atomic E-state index is 0.677. The van der Waals surface area contributed by atoms with Crippen molar-refractivity contribution >= 4 is 22.9 Å². The fourth-order valence-corrected chi connectivity index (χ4v) is 3.36. The molecule has 0 atom stereocenters. The summed E-state index contributed by atoms with van der Waals surface area (Å²) in [6, 6.07) is 10.6. The Hall–Kier alpha value is -0.900. The summed E-state index contributed by atoms with van der Waals surface area (Å²) in [7, 11) is 0. The van der Waals surface area contributed by atoms with Gasteiger partial charge in [0.05, 0.1) is 5.69 Å². The van der Waals surface area contributed by atoms with Crippen LogP contribution in [0.15, 0.2) is 30.3 Å². The first kappa shape index (κ1) is 11.2. The number of hydrogen-bond acceptors (Lipinski definition) is 3. The van der Waals surface area contributed by atoms with Gasteiger partial charge in [-0.05, 0) is 12.0 Å². The monoisotopic (exact) mass is 264 g/mol. The molecule has 2 aromatic rings. The predicted molar refractivity (Wildman–Crippen MR) is 71.4 cm³/mol. The Morgan fingerprint density at radius 3 is 2.94 bits per heavy atom. The minimum Gasteiger partial charge on any atom is -0.293 e. The highest BCUT2D eigenvalue weighted by molar-refractivity contribution is 7.15. The maximum Gasteiger partial charge on any atom is 0.184 e. The molecule has 1 aliphatic heterocycles. The van der Waals surface area contributed by atoms with Crippen molar-refractivity contribution in [3.05, 3.63) is 50.9 Å². The van der Waals surface area contributed by atoms with Crippen LogP contribution < -0.4 is 0 Å². The lowest BCUT2D eigenvalue weighted by atomic mass is 10.1. The average Bonchev–Trinajstić information content (AvgIpc) is 2.70. The number of hydrogen-bond donors (Lipinski definition) is 0. The second-order valence-corrected chi connectivity index (χ2v) is 5.95. The zero-order chi connectivity index (χ0) is 11.7. The SMILES string of the molecule is Clc1nc2c(s1)CCN(Cc1ccccc1)C2. The third kappa shape index (κ3) is 2.51. The highest BCUT2D eigenvalue weighted by atomic mass is 35.5. The highest BCUT2D eigenvalue weighted by Crippen LogP contribution is 2.28. The maximum absolute atomic E-state index is 5.95. The Balaban J connectivity index is 1.72. The first-order valence-electron chi connectivity index (χ1n) is 5.71. The molecule has 0 radical (unpaired) electrons. The molecule has 1 aliphatic rings. The molecular weight excluding hydrogens is 252 g/mol. The van der Waals surface area contributed by atoms with Crippen molar-refractivity contribution < 1.29 is 0 Å². The van der Waals surface area contributed by atoms with Gasteiger partial charge in [-0.1, -0.05) is 41.9 Å². The molecule has 0 saturated heterocycles. The van der Waals surface area contributed by atoms with Crippen molar-refractivity contribution in [2.24, 2.45) is 0 Å². The number of aromatic nitrogens is 1. The largest absolute Gasteiger partial charge is 0.293 e. The third-order valence-electron chi connectivity index (χ3n) is 3.03. The van der Waals surface area contributed by atoms with E-state index in [0.29, 0.717) is 4.47 Å². The third-order valence-corrected chi connectivity index (χ3v) is 4.29. The van der Waals surface area contributed by atoms with E-state index >= 15 is 0 Å². The molecule has 0 aliphatic carbocycles. The van der Waals surface area contributed by atoms with Crippen molar-refractivity contribution in [1.29, 1.82) is 0 Å². The number of thiazole rings is 1. The summed E-state index contributed by atoms with van der Waals surface area (Å²) in [5, 5.41) is 0. The maximum atomic E-state index is 5.95. The van der Waals surface area contributed by atoms with Crippen molar-refractivity contribution in [3.8, 4) is 0 Å². The van der Waals surface area contributed by atoms with Gasteiger partial charge in [0, 0.05) is 24.5 Å². The summed E-state index contributed by atoms with van der Waals surface area (Å²) < 4.78 is 0.677. The lowest BCUT2D eigenvalue weighted by molar-refractivity contribution is 0.244. The first-order valence-corrected chi connectivity index (χ1v) is 6.91. The van der Waals surface area contributed by atoms with E-state index in [9.17, 15) is 0 Å². The highest BCUT2D eigenvalue weighted by Gasteiger charge is 2.20. The van der Waals surface area contributed by atoms with Gasteiger partial charge >= 0.3 is 0 Å². The summed E-state index contributed by atoms with van der Waals surface area (Å²) in [5.74, 6) is 0. The summed E-state index contributed by atoms with van der Waals surface area (Å²) in [6.07, 6.45) is 1.08. The molecule has 2 heterocycles. The van der Waals surface area contributed by atoms with Gasteiger partial charge in [-0.2, -0.15) is 0 Å². The zero-order valence-corrected chi connectivity index (χ0v) is 11.0. The van der Waals surface area contributed by atoms with Gasteiger partial charge in [-0.3, -0.25) is 4.90 Å². The molecule has 1 aromatic carbocycles. The molecule has 3 rings (SSSR count). The Morgan fingerprint density at radius 2 is 2.12 bits per heavy atom. The van der Waals surface area contributed by atoms with Crippen molar-refractivity contribution in [3.63, 3.8) is 0 Å². The van der Waals surface area contributed by atoms with Gasteiger partial charge < -0.3 is 0 Å². The van der Waals surface area contributed by atoms with Crippen LogP contribution >= 0.6 is 22.9 Å². The lowest BCUT2D eigenvalue weighted by Crippen LogP contribution is -2.29. The van der Waals surface area contributed by atoms with Crippen LogP contribution in [0.1, 0.15) is 16.1 Å². The quantitative estimate of drug-likeness (QED) is 0.827. The van der Waals surface area contributed by atoms with Crippen LogP contribution in [0, 0.1) is 0 Å². The van der Waals surface area contributed by atoms with E-state index in [1.807, 2.05) is 0 Å². The van der Waals surface area contributed by atoms with Crippen LogP contribution in [0.4, 0.5) is 0 Å². The Kier molecular flexibility index (Phi) is 3.14. The molecule has 0 spiro atoms. The van der Waals surface area contributed by atoms with E-state index in [2.05, 4.69) is 40.2 Å². The number of halogens is 1. The molecule has 4 heteroatoms. The number of fused-ring (bicyclic) bond motifs is 1. The number of rotatable bonds is 2. The minimum atomic E-state index is 0.677. The molecule has 88 valence electrons. The zero-order valence-electron chi connectivity index (χ0n) is 9.40. The molecule has 0 saturated carbocycles. The summed E-state index contributed by atoms with van der Waals surface area (Å²) in [4.78, 5) is 8.17. The fourth-order valence-electron chi connectivity index (χ4n) is 2.20. The van der Waals surface area contributed by atoms with Crippen LogP contribution in [0.3, 0.4) is 0 Å². The second kappa shape index (κ2) is 4.77. The Labute approximate surface area is 110 Å². The van der Waals surface area contributed by atoms with E-state index in [1.54, 1.807) is 11.3 Å². The number of nitrogens with zero attached hydrogens (tertiary/aromatic N) is 2. The Bertz CT molecular complexity index is 509. The van der Waals surface area contributed by atoms with E-state index in [-0.39, 0.29) is 0 Å². The summed E-state index contributed by atoms with van der Waals surface area (Å²) >= 11 is 7.57. The standard InChI is InChI=1S/C13H13ClN2S/c14-13-15-11-9-16(7-6-12(11)17-13)8-10-4-2-1-3-5-10/h1-5H,6-9H2. The topological polar surface area (TPSA) is 16.1 Å². The second-order valence-electron chi connectivity index (χ2n) is 4.28. The van der Waals surface area contributed by atoms with Gasteiger partial charge in [0.15, 0.2) is 4.47 Å². The summed E-state index contributed by atoms with van der Waals surface area (Å²) in [6.45, 7) is 3.02. The molecule has 17 heavy (non-hydrogen) atoms. The van der Waals surface area contributed by atoms with E-state index in [1.165, 1.54) is 16.1 Å². The van der Waals surface area contributed by atoms with E-state index in [4.69, 9.17) is 11.6 Å². The van der Waals surface area contributed by atoms with Crippen molar-refractivity contribution in [2.45, 2.75) is 19.5 Å². The molecular formula is C13H13ClN2S. The fraction of sp³-hybridized carbons (Fsp3) is 0.308. The van der Waals surface area contributed by atoms with E-state index in [0.717, 1.165) is 26.1 Å². The number of benzene rings is 1. The van der Waals surface area contributed by atoms with Crippen molar-refractivity contribution in [1.82, 2.24) is 9.88 Å². The molecule has 0 fully saturated rings. The molecule has 0 unspecified atom stereocenters. The van der Waals surface area contributed by atoms with Gasteiger partial charge in [-0.25, -0.2) is 4.98 Å². The molecule has 2 nitrogen and oxygen atoms in total.